The van der Waals surface area contributed by atoms with Gasteiger partial charge in [-0.05, 0) is 18.9 Å². The van der Waals surface area contributed by atoms with Gasteiger partial charge in [0.2, 0.25) is 5.91 Å². The van der Waals surface area contributed by atoms with Gasteiger partial charge >= 0.3 is 0 Å². The Morgan fingerprint density at radius 2 is 1.93 bits per heavy atom. The molecule has 0 radical (unpaired) electrons. The molecule has 2 aromatic heterocycles. The van der Waals surface area contributed by atoms with Gasteiger partial charge in [-0.2, -0.15) is 5.10 Å². The number of hydrogen-bond donors (Lipinski definition) is 1. The Morgan fingerprint density at radius 1 is 1.17 bits per heavy atom. The van der Waals surface area contributed by atoms with E-state index in [0.717, 1.165) is 54.4 Å². The Morgan fingerprint density at radius 3 is 2.67 bits per heavy atom. The first kappa shape index (κ1) is 20.3. The van der Waals surface area contributed by atoms with Crippen LogP contribution < -0.4 is 15.8 Å². The molecule has 1 aliphatic heterocycles. The predicted molar refractivity (Wildman–Crippen MR) is 119 cm³/mol. The number of nitrogens with one attached hydrogen (secondary N) is 1. The van der Waals surface area contributed by atoms with Gasteiger partial charge in [-0.25, -0.2) is 9.67 Å². The minimum atomic E-state index is -0.121. The van der Waals surface area contributed by atoms with E-state index < -0.39 is 0 Å². The first-order valence-electron chi connectivity index (χ1n) is 10.2. The SMILES string of the molecule is Cn1nc(N2CCC(C(=O)NCCc3csc(-c4ccccc4)n3)CC2)ccc1=O. The molecule has 8 heteroatoms. The van der Waals surface area contributed by atoms with Crippen molar-refractivity contribution in [3.63, 3.8) is 0 Å². The monoisotopic (exact) mass is 423 g/mol. The quantitative estimate of drug-likeness (QED) is 0.659. The number of anilines is 1. The van der Waals surface area contributed by atoms with Crippen LogP contribution in [0.5, 0.6) is 0 Å². The molecule has 3 heterocycles. The maximum absolute atomic E-state index is 12.5. The summed E-state index contributed by atoms with van der Waals surface area (Å²) in [6, 6.07) is 13.4. The Labute approximate surface area is 179 Å². The molecule has 1 aliphatic rings. The molecule has 0 aliphatic carbocycles. The van der Waals surface area contributed by atoms with Gasteiger partial charge in [0.25, 0.3) is 5.56 Å². The lowest BCUT2D eigenvalue weighted by Crippen LogP contribution is -2.41. The summed E-state index contributed by atoms with van der Waals surface area (Å²) in [5.74, 6) is 0.916. The number of benzene rings is 1. The van der Waals surface area contributed by atoms with Crippen LogP contribution in [0.1, 0.15) is 18.5 Å². The summed E-state index contributed by atoms with van der Waals surface area (Å²) in [4.78, 5) is 30.9. The molecular weight excluding hydrogens is 398 g/mol. The third kappa shape index (κ3) is 4.76. The molecule has 1 fully saturated rings. The number of carbonyl (C=O) groups is 1. The van der Waals surface area contributed by atoms with Crippen LogP contribution in [0.4, 0.5) is 5.82 Å². The molecule has 1 amide bonds. The van der Waals surface area contributed by atoms with E-state index in [0.29, 0.717) is 6.54 Å². The Kier molecular flexibility index (Phi) is 6.23. The Bertz CT molecular complexity index is 1050. The summed E-state index contributed by atoms with van der Waals surface area (Å²) in [5, 5.41) is 10.4. The lowest BCUT2D eigenvalue weighted by molar-refractivity contribution is -0.125. The van der Waals surface area contributed by atoms with E-state index in [2.05, 4.69) is 37.8 Å². The summed E-state index contributed by atoms with van der Waals surface area (Å²) >= 11 is 1.63. The fourth-order valence-electron chi connectivity index (χ4n) is 3.62. The number of aryl methyl sites for hydroxylation is 1. The maximum atomic E-state index is 12.5. The molecule has 3 aromatic rings. The Hall–Kier alpha value is -3.00. The maximum Gasteiger partial charge on any atom is 0.266 e. The molecule has 0 unspecified atom stereocenters. The van der Waals surface area contributed by atoms with Gasteiger partial charge in [-0.15, -0.1) is 11.3 Å². The highest BCUT2D eigenvalue weighted by Gasteiger charge is 2.25. The molecule has 0 atom stereocenters. The van der Waals surface area contributed by atoms with E-state index in [4.69, 9.17) is 0 Å². The van der Waals surface area contributed by atoms with E-state index in [1.807, 2.05) is 18.2 Å². The van der Waals surface area contributed by atoms with Crippen molar-refractivity contribution < 1.29 is 4.79 Å². The van der Waals surface area contributed by atoms with Crippen LogP contribution in [-0.2, 0) is 18.3 Å². The highest BCUT2D eigenvalue weighted by atomic mass is 32.1. The zero-order chi connectivity index (χ0) is 20.9. The minimum absolute atomic E-state index is 0.0177. The molecule has 1 N–H and O–H groups in total. The van der Waals surface area contributed by atoms with Gasteiger partial charge in [0.05, 0.1) is 5.69 Å². The smallest absolute Gasteiger partial charge is 0.266 e. The Balaban J connectivity index is 1.23. The molecule has 4 rings (SSSR count). The van der Waals surface area contributed by atoms with Gasteiger partial charge in [-0.3, -0.25) is 9.59 Å². The number of amides is 1. The number of aromatic nitrogens is 3. The second-order valence-electron chi connectivity index (χ2n) is 7.47. The lowest BCUT2D eigenvalue weighted by atomic mass is 9.96. The van der Waals surface area contributed by atoms with Crippen LogP contribution >= 0.6 is 11.3 Å². The van der Waals surface area contributed by atoms with Gasteiger partial charge in [0.1, 0.15) is 10.8 Å². The number of thiazole rings is 1. The molecule has 156 valence electrons. The molecule has 30 heavy (non-hydrogen) atoms. The molecule has 1 aromatic carbocycles. The van der Waals surface area contributed by atoms with E-state index in [1.54, 1.807) is 24.5 Å². The number of nitrogens with zero attached hydrogens (tertiary/aromatic N) is 4. The number of hydrogen-bond acceptors (Lipinski definition) is 6. The normalized spacial score (nSPS) is 14.6. The van der Waals surface area contributed by atoms with E-state index >= 15 is 0 Å². The third-order valence-corrected chi connectivity index (χ3v) is 6.33. The summed E-state index contributed by atoms with van der Waals surface area (Å²) in [7, 11) is 1.65. The summed E-state index contributed by atoms with van der Waals surface area (Å²) in [6.07, 6.45) is 2.30. The minimum Gasteiger partial charge on any atom is -0.355 e. The first-order chi connectivity index (χ1) is 14.6. The van der Waals surface area contributed by atoms with Crippen molar-refractivity contribution in [2.45, 2.75) is 19.3 Å². The average molecular weight is 424 g/mol. The van der Waals surface area contributed by atoms with Crippen molar-refractivity contribution in [2.24, 2.45) is 13.0 Å². The predicted octanol–water partition coefficient (Wildman–Crippen LogP) is 2.48. The van der Waals surface area contributed by atoms with Crippen molar-refractivity contribution >= 4 is 23.1 Å². The van der Waals surface area contributed by atoms with Crippen molar-refractivity contribution in [3.8, 4) is 10.6 Å². The highest BCUT2D eigenvalue weighted by Crippen LogP contribution is 2.24. The molecule has 7 nitrogen and oxygen atoms in total. The third-order valence-electron chi connectivity index (χ3n) is 5.39. The zero-order valence-corrected chi connectivity index (χ0v) is 17.8. The van der Waals surface area contributed by atoms with Gasteiger partial charge in [0, 0.05) is 56.0 Å². The fourth-order valence-corrected chi connectivity index (χ4v) is 4.48. The average Bonchev–Trinajstić information content (AvgIpc) is 3.25. The van der Waals surface area contributed by atoms with Crippen LogP contribution in [0, 0.1) is 5.92 Å². The zero-order valence-electron chi connectivity index (χ0n) is 17.0. The van der Waals surface area contributed by atoms with Crippen LogP contribution in [0.25, 0.3) is 10.6 Å². The van der Waals surface area contributed by atoms with Crippen molar-refractivity contribution in [1.29, 1.82) is 0 Å². The molecule has 0 bridgehead atoms. The molecule has 0 saturated carbocycles. The number of carbonyl (C=O) groups excluding carboxylic acids is 1. The van der Waals surface area contributed by atoms with Gasteiger partial charge in [0.15, 0.2) is 0 Å². The van der Waals surface area contributed by atoms with Crippen LogP contribution in [0.2, 0.25) is 0 Å². The van der Waals surface area contributed by atoms with Crippen LogP contribution in [-0.4, -0.2) is 40.3 Å². The molecule has 0 spiro atoms. The summed E-state index contributed by atoms with van der Waals surface area (Å²) in [6.45, 7) is 2.12. The number of piperidine rings is 1. The second kappa shape index (κ2) is 9.21. The van der Waals surface area contributed by atoms with Gasteiger partial charge in [-0.1, -0.05) is 30.3 Å². The topological polar surface area (TPSA) is 80.1 Å². The van der Waals surface area contributed by atoms with Crippen LogP contribution in [0.3, 0.4) is 0 Å². The van der Waals surface area contributed by atoms with Crippen molar-refractivity contribution in [3.05, 3.63) is 63.9 Å². The summed E-state index contributed by atoms with van der Waals surface area (Å²) in [5.41, 5.74) is 2.01. The number of rotatable bonds is 6. The van der Waals surface area contributed by atoms with Gasteiger partial charge < -0.3 is 10.2 Å². The standard InChI is InChI=1S/C22H25N5O2S/c1-26-20(28)8-7-19(25-26)27-13-10-16(11-14-27)21(29)23-12-9-18-15-30-22(24-18)17-5-3-2-4-6-17/h2-8,15-16H,9-14H2,1H3,(H,23,29). The van der Waals surface area contributed by atoms with Crippen molar-refractivity contribution in [1.82, 2.24) is 20.1 Å². The van der Waals surface area contributed by atoms with E-state index in [-0.39, 0.29) is 17.4 Å². The second-order valence-corrected chi connectivity index (χ2v) is 8.32. The first-order valence-corrected chi connectivity index (χ1v) is 11.0. The van der Waals surface area contributed by atoms with E-state index in [1.165, 1.54) is 10.7 Å². The largest absolute Gasteiger partial charge is 0.355 e. The summed E-state index contributed by atoms with van der Waals surface area (Å²) < 4.78 is 1.34. The molecular formula is C22H25N5O2S. The fraction of sp³-hybridized carbons (Fsp3) is 0.364. The molecule has 1 saturated heterocycles. The van der Waals surface area contributed by atoms with E-state index in [9.17, 15) is 9.59 Å². The van der Waals surface area contributed by atoms with Crippen LogP contribution in [0.15, 0.2) is 52.6 Å². The van der Waals surface area contributed by atoms with Crippen molar-refractivity contribution in [2.75, 3.05) is 24.5 Å². The lowest BCUT2D eigenvalue weighted by Gasteiger charge is -2.32. The highest BCUT2D eigenvalue weighted by molar-refractivity contribution is 7.13.